The summed E-state index contributed by atoms with van der Waals surface area (Å²) in [7, 11) is 3.60. The van der Waals surface area contributed by atoms with Crippen molar-refractivity contribution in [1.82, 2.24) is 10.2 Å². The molecule has 1 amide bonds. The fourth-order valence-electron chi connectivity index (χ4n) is 3.19. The molecule has 1 fully saturated rings. The second kappa shape index (κ2) is 8.08. The summed E-state index contributed by atoms with van der Waals surface area (Å²) in [5.74, 6) is -0.340. The van der Waals surface area contributed by atoms with Gasteiger partial charge in [-0.3, -0.25) is 9.69 Å². The maximum Gasteiger partial charge on any atom is 0.225 e. The van der Waals surface area contributed by atoms with Crippen molar-refractivity contribution in [2.45, 2.75) is 19.4 Å². The minimum Gasteiger partial charge on any atom is -0.384 e. The summed E-state index contributed by atoms with van der Waals surface area (Å²) in [6, 6.07) is 5.03. The van der Waals surface area contributed by atoms with Gasteiger partial charge in [0.2, 0.25) is 5.91 Å². The first kappa shape index (κ1) is 18.2. The molecule has 0 aromatic heterocycles. The fourth-order valence-corrected chi connectivity index (χ4v) is 3.31. The van der Waals surface area contributed by atoms with E-state index in [4.69, 9.17) is 16.3 Å². The molecule has 0 bridgehead atoms. The third-order valence-electron chi connectivity index (χ3n) is 4.46. The van der Waals surface area contributed by atoms with Gasteiger partial charge >= 0.3 is 0 Å². The number of ether oxygens (including phenoxy) is 1. The van der Waals surface area contributed by atoms with Crippen molar-refractivity contribution < 1.29 is 13.9 Å². The first-order valence-corrected chi connectivity index (χ1v) is 8.23. The zero-order valence-corrected chi connectivity index (χ0v) is 14.6. The Hall–Kier alpha value is -1.17. The number of likely N-dealkylation sites (tertiary alicyclic amines) is 1. The lowest BCUT2D eigenvalue weighted by Crippen LogP contribution is -2.36. The van der Waals surface area contributed by atoms with Crippen LogP contribution in [0.3, 0.4) is 0 Å². The highest BCUT2D eigenvalue weighted by molar-refractivity contribution is 6.30. The molecule has 0 spiro atoms. The molecule has 1 heterocycles. The van der Waals surface area contributed by atoms with E-state index in [0.29, 0.717) is 13.2 Å². The molecule has 1 aromatic rings. The lowest BCUT2D eigenvalue weighted by molar-refractivity contribution is -0.126. The molecule has 0 saturated carbocycles. The zero-order valence-electron chi connectivity index (χ0n) is 13.8. The number of nitrogens with zero attached hydrogens (tertiary/aromatic N) is 1. The molecule has 1 saturated heterocycles. The summed E-state index contributed by atoms with van der Waals surface area (Å²) in [5.41, 5.74) is 0.899. The third kappa shape index (κ3) is 4.43. The van der Waals surface area contributed by atoms with E-state index in [1.165, 1.54) is 6.07 Å². The molecule has 6 heteroatoms. The van der Waals surface area contributed by atoms with Crippen LogP contribution in [0.2, 0.25) is 5.02 Å². The number of methoxy groups -OCH3 is 1. The monoisotopic (exact) mass is 342 g/mol. The van der Waals surface area contributed by atoms with Gasteiger partial charge in [0.1, 0.15) is 5.82 Å². The van der Waals surface area contributed by atoms with Crippen LogP contribution < -0.4 is 5.32 Å². The summed E-state index contributed by atoms with van der Waals surface area (Å²) in [6.07, 6.45) is 0.963. The average Bonchev–Trinajstić information content (AvgIpc) is 2.89. The summed E-state index contributed by atoms with van der Waals surface area (Å²) >= 11 is 5.77. The lowest BCUT2D eigenvalue weighted by Gasteiger charge is -2.26. The molecule has 4 nitrogen and oxygen atoms in total. The maximum atomic E-state index is 13.8. The highest BCUT2D eigenvalue weighted by Gasteiger charge is 2.33. The number of carbonyl (C=O) groups excluding carboxylic acids is 1. The van der Waals surface area contributed by atoms with Gasteiger partial charge in [-0.2, -0.15) is 0 Å². The molecule has 1 N–H and O–H groups in total. The molecule has 128 valence electrons. The first-order valence-electron chi connectivity index (χ1n) is 7.86. The van der Waals surface area contributed by atoms with E-state index in [1.807, 2.05) is 20.0 Å². The lowest BCUT2D eigenvalue weighted by atomic mass is 9.93. The van der Waals surface area contributed by atoms with Crippen molar-refractivity contribution in [2.24, 2.45) is 11.8 Å². The second-order valence-electron chi connectivity index (χ2n) is 6.25. The Labute approximate surface area is 141 Å². The average molecular weight is 343 g/mol. The maximum absolute atomic E-state index is 13.8. The van der Waals surface area contributed by atoms with Gasteiger partial charge in [0, 0.05) is 19.7 Å². The summed E-state index contributed by atoms with van der Waals surface area (Å²) < 4.78 is 18.8. The summed E-state index contributed by atoms with van der Waals surface area (Å²) in [6.45, 7) is 3.74. The van der Waals surface area contributed by atoms with Crippen LogP contribution in [0.4, 0.5) is 4.39 Å². The van der Waals surface area contributed by atoms with Crippen LogP contribution in [0.25, 0.3) is 0 Å². The van der Waals surface area contributed by atoms with E-state index in [9.17, 15) is 9.18 Å². The van der Waals surface area contributed by atoms with Gasteiger partial charge in [0.25, 0.3) is 0 Å². The van der Waals surface area contributed by atoms with Crippen LogP contribution in [-0.4, -0.2) is 44.7 Å². The molecule has 0 radical (unpaired) electrons. The molecule has 0 aliphatic carbocycles. The molecule has 23 heavy (non-hydrogen) atoms. The molecule has 3 atom stereocenters. The van der Waals surface area contributed by atoms with Gasteiger partial charge in [-0.25, -0.2) is 4.39 Å². The third-order valence-corrected chi connectivity index (χ3v) is 4.77. The van der Waals surface area contributed by atoms with Gasteiger partial charge in [-0.1, -0.05) is 24.6 Å². The Balaban J connectivity index is 2.03. The van der Waals surface area contributed by atoms with Crippen molar-refractivity contribution in [1.29, 1.82) is 0 Å². The van der Waals surface area contributed by atoms with Crippen LogP contribution >= 0.6 is 11.6 Å². The smallest absolute Gasteiger partial charge is 0.225 e. The number of amides is 1. The van der Waals surface area contributed by atoms with Crippen molar-refractivity contribution >= 4 is 17.5 Å². The Morgan fingerprint density at radius 1 is 1.57 bits per heavy atom. The predicted molar refractivity (Wildman–Crippen MR) is 88.9 cm³/mol. The number of benzene rings is 1. The highest BCUT2D eigenvalue weighted by atomic mass is 35.5. The van der Waals surface area contributed by atoms with E-state index in [-0.39, 0.29) is 28.8 Å². The number of rotatable bonds is 6. The Kier molecular flexibility index (Phi) is 6.39. The molecule has 2 rings (SSSR count). The molecule has 0 unspecified atom stereocenters. The topological polar surface area (TPSA) is 41.6 Å². The first-order chi connectivity index (χ1) is 10.9. The number of halogens is 2. The van der Waals surface area contributed by atoms with Gasteiger partial charge < -0.3 is 10.1 Å². The van der Waals surface area contributed by atoms with Gasteiger partial charge in [-0.15, -0.1) is 0 Å². The van der Waals surface area contributed by atoms with Crippen molar-refractivity contribution in [3.8, 4) is 0 Å². The molecule has 1 aliphatic rings. The van der Waals surface area contributed by atoms with E-state index < -0.39 is 5.82 Å². The molecular weight excluding hydrogens is 319 g/mol. The Morgan fingerprint density at radius 2 is 2.30 bits per heavy atom. The molecular formula is C17H24ClFN2O2. The van der Waals surface area contributed by atoms with Crippen LogP contribution in [0.5, 0.6) is 0 Å². The van der Waals surface area contributed by atoms with Crippen molar-refractivity contribution in [3.05, 3.63) is 34.6 Å². The van der Waals surface area contributed by atoms with E-state index in [2.05, 4.69) is 10.2 Å². The number of hydrogen-bond donors (Lipinski definition) is 1. The van der Waals surface area contributed by atoms with Crippen LogP contribution in [0.15, 0.2) is 18.2 Å². The van der Waals surface area contributed by atoms with Gasteiger partial charge in [0.05, 0.1) is 17.5 Å². The Morgan fingerprint density at radius 3 is 2.96 bits per heavy atom. The zero-order chi connectivity index (χ0) is 17.0. The van der Waals surface area contributed by atoms with E-state index in [0.717, 1.165) is 18.5 Å². The minimum atomic E-state index is -0.402. The van der Waals surface area contributed by atoms with E-state index in [1.54, 1.807) is 13.2 Å². The van der Waals surface area contributed by atoms with Crippen molar-refractivity contribution in [2.75, 3.05) is 33.9 Å². The number of carbonyl (C=O) groups is 1. The number of hydrogen-bond acceptors (Lipinski definition) is 3. The molecule has 1 aromatic carbocycles. The standard InChI is InChI=1S/C17H24ClFN2O2/c1-11(10-23-3)17(22)20-9-13-6-7-21(2)16(13)12-4-5-14(18)15(19)8-12/h4-5,8,11,13,16H,6-7,9-10H2,1-3H3,(H,20,22)/t11-,13-,16+/m0/s1. The normalized spacial score (nSPS) is 23.0. The summed E-state index contributed by atoms with van der Waals surface area (Å²) in [4.78, 5) is 14.2. The fraction of sp³-hybridized carbons (Fsp3) is 0.588. The largest absolute Gasteiger partial charge is 0.384 e. The van der Waals surface area contributed by atoms with Crippen LogP contribution in [0.1, 0.15) is 24.9 Å². The van der Waals surface area contributed by atoms with E-state index >= 15 is 0 Å². The second-order valence-corrected chi connectivity index (χ2v) is 6.66. The number of nitrogens with one attached hydrogen (secondary N) is 1. The van der Waals surface area contributed by atoms with Crippen LogP contribution in [-0.2, 0) is 9.53 Å². The van der Waals surface area contributed by atoms with Gasteiger partial charge in [-0.05, 0) is 43.6 Å². The molecule has 1 aliphatic heterocycles. The predicted octanol–water partition coefficient (Wildman–Crippen LogP) is 2.87. The Bertz CT molecular complexity index is 555. The minimum absolute atomic E-state index is 0.0116. The highest BCUT2D eigenvalue weighted by Crippen LogP contribution is 2.36. The van der Waals surface area contributed by atoms with Gasteiger partial charge in [0.15, 0.2) is 0 Å². The summed E-state index contributed by atoms with van der Waals surface area (Å²) in [5, 5.41) is 3.12. The SMILES string of the molecule is COC[C@H](C)C(=O)NC[C@@H]1CCN(C)[C@@H]1c1ccc(Cl)c(F)c1. The van der Waals surface area contributed by atoms with Crippen LogP contribution in [0, 0.1) is 17.7 Å². The quantitative estimate of drug-likeness (QED) is 0.864. The van der Waals surface area contributed by atoms with Crippen molar-refractivity contribution in [3.63, 3.8) is 0 Å².